The van der Waals surface area contributed by atoms with E-state index in [4.69, 9.17) is 0 Å². The van der Waals surface area contributed by atoms with E-state index in [2.05, 4.69) is 26.8 Å². The molecule has 0 heterocycles. The van der Waals surface area contributed by atoms with Gasteiger partial charge in [-0.25, -0.2) is 0 Å². The van der Waals surface area contributed by atoms with Crippen molar-refractivity contribution in [2.24, 2.45) is 0 Å². The summed E-state index contributed by atoms with van der Waals surface area (Å²) in [5.41, 5.74) is 0.883. The van der Waals surface area contributed by atoms with Crippen LogP contribution in [0.2, 0.25) is 0 Å². The fraction of sp³-hybridized carbons (Fsp3) is 0.250. The van der Waals surface area contributed by atoms with E-state index in [0.717, 1.165) is 15.4 Å². The molecular formula is C8H9IO3S. The van der Waals surface area contributed by atoms with Crippen molar-refractivity contribution in [3.05, 3.63) is 33.4 Å². The van der Waals surface area contributed by atoms with Crippen molar-refractivity contribution < 1.29 is 12.6 Å². The Kier molecular flexibility index (Phi) is 3.69. The van der Waals surface area contributed by atoms with Gasteiger partial charge in [0, 0.05) is 3.57 Å². The summed E-state index contributed by atoms with van der Waals surface area (Å²) < 4.78 is 27.0. The molecule has 0 unspecified atom stereocenters. The van der Waals surface area contributed by atoms with Gasteiger partial charge in [0.05, 0.1) is 12.9 Å². The first kappa shape index (κ1) is 10.9. The van der Waals surface area contributed by atoms with Crippen LogP contribution in [0.4, 0.5) is 0 Å². The molecule has 1 rings (SSSR count). The highest BCUT2D eigenvalue weighted by Gasteiger charge is 2.04. The average molecular weight is 312 g/mol. The van der Waals surface area contributed by atoms with Crippen LogP contribution < -0.4 is 0 Å². The summed E-state index contributed by atoms with van der Waals surface area (Å²) in [6.45, 7) is 0.109. The molecule has 0 saturated heterocycles. The summed E-state index contributed by atoms with van der Waals surface area (Å²) >= 11 is 2.14. The fourth-order valence-electron chi connectivity index (χ4n) is 0.786. The van der Waals surface area contributed by atoms with E-state index in [1.54, 1.807) is 0 Å². The van der Waals surface area contributed by atoms with Gasteiger partial charge in [-0.15, -0.1) is 0 Å². The van der Waals surface area contributed by atoms with Gasteiger partial charge in [-0.1, -0.05) is 18.2 Å². The van der Waals surface area contributed by atoms with E-state index in [0.29, 0.717) is 0 Å². The van der Waals surface area contributed by atoms with E-state index in [9.17, 15) is 8.42 Å². The molecule has 0 radical (unpaired) electrons. The Morgan fingerprint density at radius 1 is 1.38 bits per heavy atom. The van der Waals surface area contributed by atoms with Crippen molar-refractivity contribution >= 4 is 32.7 Å². The molecule has 5 heteroatoms. The molecule has 0 N–H and O–H groups in total. The van der Waals surface area contributed by atoms with Gasteiger partial charge < -0.3 is 0 Å². The predicted octanol–water partition coefficient (Wildman–Crippen LogP) is 1.77. The van der Waals surface area contributed by atoms with E-state index in [1.165, 1.54) is 0 Å². The first-order valence-corrected chi connectivity index (χ1v) is 6.46. The molecule has 72 valence electrons. The van der Waals surface area contributed by atoms with Crippen molar-refractivity contribution in [2.45, 2.75) is 6.61 Å². The molecule has 0 fully saturated rings. The first-order valence-electron chi connectivity index (χ1n) is 3.57. The largest absolute Gasteiger partial charge is 0.265 e. The van der Waals surface area contributed by atoms with Crippen molar-refractivity contribution in [1.29, 1.82) is 0 Å². The second-order valence-corrected chi connectivity index (χ2v) is 5.36. The molecule has 0 aromatic heterocycles. The van der Waals surface area contributed by atoms with Gasteiger partial charge in [0.15, 0.2) is 0 Å². The highest BCUT2D eigenvalue weighted by atomic mass is 127. The van der Waals surface area contributed by atoms with Crippen molar-refractivity contribution in [1.82, 2.24) is 0 Å². The third-order valence-corrected chi connectivity index (χ3v) is 2.98. The molecule has 0 bridgehead atoms. The number of hydrogen-bond acceptors (Lipinski definition) is 3. The average Bonchev–Trinajstić information content (AvgIpc) is 2.01. The zero-order valence-corrected chi connectivity index (χ0v) is 10.0. The maximum Gasteiger partial charge on any atom is 0.264 e. The van der Waals surface area contributed by atoms with Crippen LogP contribution in [0, 0.1) is 3.57 Å². The Bertz CT molecular complexity index is 386. The van der Waals surface area contributed by atoms with Crippen LogP contribution in [0.1, 0.15) is 5.56 Å². The van der Waals surface area contributed by atoms with Crippen LogP contribution in [0.3, 0.4) is 0 Å². The lowest BCUT2D eigenvalue weighted by Crippen LogP contribution is -2.03. The molecule has 0 aliphatic rings. The summed E-state index contributed by atoms with van der Waals surface area (Å²) in [7, 11) is -3.34. The second-order valence-electron chi connectivity index (χ2n) is 2.56. The van der Waals surface area contributed by atoms with Crippen LogP contribution in [0.15, 0.2) is 24.3 Å². The number of rotatable bonds is 3. The zero-order chi connectivity index (χ0) is 9.90. The summed E-state index contributed by atoms with van der Waals surface area (Å²) in [6, 6.07) is 7.49. The second kappa shape index (κ2) is 4.39. The smallest absolute Gasteiger partial charge is 0.264 e. The molecule has 0 atom stereocenters. The third kappa shape index (κ3) is 4.06. The van der Waals surface area contributed by atoms with Gasteiger partial charge in [0.1, 0.15) is 0 Å². The van der Waals surface area contributed by atoms with Crippen molar-refractivity contribution in [3.8, 4) is 0 Å². The Morgan fingerprint density at radius 3 is 2.54 bits per heavy atom. The minimum atomic E-state index is -3.34. The summed E-state index contributed by atoms with van der Waals surface area (Å²) in [6.07, 6.45) is 1.04. The topological polar surface area (TPSA) is 43.4 Å². The highest BCUT2D eigenvalue weighted by molar-refractivity contribution is 14.1. The molecule has 0 aliphatic carbocycles. The Balaban J connectivity index is 2.71. The molecular weight excluding hydrogens is 303 g/mol. The maximum atomic E-state index is 10.7. The number of halogens is 1. The molecule has 0 aliphatic heterocycles. The SMILES string of the molecule is CS(=O)(=O)OCc1ccccc1I. The van der Waals surface area contributed by atoms with E-state index in [-0.39, 0.29) is 6.61 Å². The van der Waals surface area contributed by atoms with Crippen LogP contribution in [-0.2, 0) is 20.9 Å². The highest BCUT2D eigenvalue weighted by Crippen LogP contribution is 2.12. The van der Waals surface area contributed by atoms with Crippen LogP contribution >= 0.6 is 22.6 Å². The lowest BCUT2D eigenvalue weighted by molar-refractivity contribution is 0.311. The monoisotopic (exact) mass is 312 g/mol. The minimum Gasteiger partial charge on any atom is -0.265 e. The first-order chi connectivity index (χ1) is 5.99. The summed E-state index contributed by atoms with van der Waals surface area (Å²) in [4.78, 5) is 0. The van der Waals surface area contributed by atoms with Crippen LogP contribution in [0.5, 0.6) is 0 Å². The Morgan fingerprint density at radius 2 is 2.00 bits per heavy atom. The molecule has 13 heavy (non-hydrogen) atoms. The van der Waals surface area contributed by atoms with Crippen molar-refractivity contribution in [3.63, 3.8) is 0 Å². The van der Waals surface area contributed by atoms with Gasteiger partial charge >= 0.3 is 0 Å². The van der Waals surface area contributed by atoms with Gasteiger partial charge in [-0.3, -0.25) is 4.18 Å². The Labute approximate surface area is 91.4 Å². The lowest BCUT2D eigenvalue weighted by Gasteiger charge is -2.03. The summed E-state index contributed by atoms with van der Waals surface area (Å²) in [5, 5.41) is 0. The summed E-state index contributed by atoms with van der Waals surface area (Å²) in [5.74, 6) is 0. The maximum absolute atomic E-state index is 10.7. The molecule has 1 aromatic carbocycles. The fourth-order valence-corrected chi connectivity index (χ4v) is 1.67. The van der Waals surface area contributed by atoms with Crippen LogP contribution in [0.25, 0.3) is 0 Å². The Hall–Kier alpha value is -0.140. The van der Waals surface area contributed by atoms with Crippen LogP contribution in [-0.4, -0.2) is 14.7 Å². The molecule has 3 nitrogen and oxygen atoms in total. The number of benzene rings is 1. The van der Waals surface area contributed by atoms with Gasteiger partial charge in [-0.05, 0) is 34.2 Å². The zero-order valence-electron chi connectivity index (χ0n) is 7.03. The van der Waals surface area contributed by atoms with E-state index >= 15 is 0 Å². The van der Waals surface area contributed by atoms with Gasteiger partial charge in [0.2, 0.25) is 0 Å². The van der Waals surface area contributed by atoms with Gasteiger partial charge in [-0.2, -0.15) is 8.42 Å². The predicted molar refractivity (Wildman–Crippen MR) is 58.8 cm³/mol. The van der Waals surface area contributed by atoms with E-state index < -0.39 is 10.1 Å². The van der Waals surface area contributed by atoms with E-state index in [1.807, 2.05) is 24.3 Å². The molecule has 0 amide bonds. The third-order valence-electron chi connectivity index (χ3n) is 1.39. The standard InChI is InChI=1S/C8H9IO3S/c1-13(10,11)12-6-7-4-2-3-5-8(7)9/h2-5H,6H2,1H3. The quantitative estimate of drug-likeness (QED) is 0.631. The number of hydrogen-bond donors (Lipinski definition) is 0. The molecule has 0 spiro atoms. The lowest BCUT2D eigenvalue weighted by atomic mass is 10.2. The minimum absolute atomic E-state index is 0.109. The van der Waals surface area contributed by atoms with Gasteiger partial charge in [0.25, 0.3) is 10.1 Å². The molecule has 0 saturated carbocycles. The van der Waals surface area contributed by atoms with Crippen molar-refractivity contribution in [2.75, 3.05) is 6.26 Å². The normalized spacial score (nSPS) is 11.5. The molecule has 1 aromatic rings.